The van der Waals surface area contributed by atoms with E-state index in [9.17, 15) is 4.79 Å². The summed E-state index contributed by atoms with van der Waals surface area (Å²) in [5, 5.41) is 8.81. The molecule has 1 aromatic heterocycles. The smallest absolute Gasteiger partial charge is 0.227 e. The number of benzene rings is 2. The summed E-state index contributed by atoms with van der Waals surface area (Å²) in [6.07, 6.45) is 0.412. The number of piperazine rings is 1. The highest BCUT2D eigenvalue weighted by Gasteiger charge is 2.22. The van der Waals surface area contributed by atoms with Crippen LogP contribution in [0.4, 0.5) is 5.82 Å². The Hall–Kier alpha value is -3.41. The van der Waals surface area contributed by atoms with Gasteiger partial charge in [0.25, 0.3) is 0 Å². The predicted molar refractivity (Wildman–Crippen MR) is 118 cm³/mol. The van der Waals surface area contributed by atoms with Crippen LogP contribution in [0, 0.1) is 6.92 Å². The standard InChI is InChI=1S/C24H26N4O2/c1-18-3-7-20(8-4-18)22-11-12-23(26-25-22)27-13-15-28(16-14-27)24(29)17-19-5-9-21(30-2)10-6-19/h3-12H,13-17H2,1-2H3. The molecule has 0 radical (unpaired) electrons. The van der Waals surface area contributed by atoms with Gasteiger partial charge in [-0.1, -0.05) is 42.0 Å². The Morgan fingerprint density at radius 1 is 0.900 bits per heavy atom. The minimum Gasteiger partial charge on any atom is -0.497 e. The first-order chi connectivity index (χ1) is 14.6. The Balaban J connectivity index is 1.32. The van der Waals surface area contributed by atoms with Crippen molar-refractivity contribution < 1.29 is 9.53 Å². The first-order valence-electron chi connectivity index (χ1n) is 10.2. The van der Waals surface area contributed by atoms with E-state index in [0.29, 0.717) is 19.5 Å². The third kappa shape index (κ3) is 4.59. The minimum atomic E-state index is 0.153. The predicted octanol–water partition coefficient (Wildman–Crippen LogP) is 3.35. The van der Waals surface area contributed by atoms with Crippen LogP contribution in [0.1, 0.15) is 11.1 Å². The fraction of sp³-hybridized carbons (Fsp3) is 0.292. The fourth-order valence-corrected chi connectivity index (χ4v) is 3.59. The molecule has 0 atom stereocenters. The summed E-state index contributed by atoms with van der Waals surface area (Å²) in [4.78, 5) is 16.7. The number of rotatable bonds is 5. The van der Waals surface area contributed by atoms with Crippen molar-refractivity contribution in [1.82, 2.24) is 15.1 Å². The zero-order chi connectivity index (χ0) is 20.9. The molecule has 6 heteroatoms. The van der Waals surface area contributed by atoms with E-state index in [1.807, 2.05) is 41.3 Å². The molecule has 1 fully saturated rings. The Bertz CT molecular complexity index is 977. The number of carbonyl (C=O) groups is 1. The summed E-state index contributed by atoms with van der Waals surface area (Å²) in [6, 6.07) is 20.0. The number of anilines is 1. The monoisotopic (exact) mass is 402 g/mol. The van der Waals surface area contributed by atoms with E-state index >= 15 is 0 Å². The van der Waals surface area contributed by atoms with Crippen molar-refractivity contribution in [2.75, 3.05) is 38.2 Å². The first kappa shape index (κ1) is 19.9. The molecule has 1 aliphatic rings. The molecule has 3 aromatic rings. The summed E-state index contributed by atoms with van der Waals surface area (Å²) in [6.45, 7) is 4.96. The molecule has 2 aromatic carbocycles. The fourth-order valence-electron chi connectivity index (χ4n) is 3.59. The summed E-state index contributed by atoms with van der Waals surface area (Å²) < 4.78 is 5.17. The van der Waals surface area contributed by atoms with E-state index in [1.54, 1.807) is 7.11 Å². The number of amides is 1. The average molecular weight is 402 g/mol. The zero-order valence-electron chi connectivity index (χ0n) is 17.4. The van der Waals surface area contributed by atoms with Crippen molar-refractivity contribution in [2.45, 2.75) is 13.3 Å². The van der Waals surface area contributed by atoms with Gasteiger partial charge in [-0.15, -0.1) is 10.2 Å². The van der Waals surface area contributed by atoms with Crippen molar-refractivity contribution in [1.29, 1.82) is 0 Å². The maximum absolute atomic E-state index is 12.6. The molecule has 0 saturated carbocycles. The molecule has 154 valence electrons. The molecule has 0 unspecified atom stereocenters. The van der Waals surface area contributed by atoms with Gasteiger partial charge in [0.05, 0.1) is 19.2 Å². The first-order valence-corrected chi connectivity index (χ1v) is 10.2. The number of methoxy groups -OCH3 is 1. The molecule has 6 nitrogen and oxygen atoms in total. The quantitative estimate of drug-likeness (QED) is 0.655. The van der Waals surface area contributed by atoms with Gasteiger partial charge in [0.1, 0.15) is 5.75 Å². The van der Waals surface area contributed by atoms with Crippen molar-refractivity contribution in [3.05, 3.63) is 71.8 Å². The molecule has 1 aliphatic heterocycles. The average Bonchev–Trinajstić information content (AvgIpc) is 2.80. The molecule has 2 heterocycles. The molecular weight excluding hydrogens is 376 g/mol. The van der Waals surface area contributed by atoms with Gasteiger partial charge in [-0.05, 0) is 36.8 Å². The van der Waals surface area contributed by atoms with Gasteiger partial charge in [-0.2, -0.15) is 0 Å². The van der Waals surface area contributed by atoms with Crippen molar-refractivity contribution in [2.24, 2.45) is 0 Å². The number of nitrogens with zero attached hydrogens (tertiary/aromatic N) is 4. The van der Waals surface area contributed by atoms with Gasteiger partial charge < -0.3 is 14.5 Å². The van der Waals surface area contributed by atoms with E-state index in [2.05, 4.69) is 46.3 Å². The Kier molecular flexibility index (Phi) is 5.93. The molecule has 1 amide bonds. The largest absolute Gasteiger partial charge is 0.497 e. The number of carbonyl (C=O) groups excluding carboxylic acids is 1. The summed E-state index contributed by atoms with van der Waals surface area (Å²) >= 11 is 0. The molecule has 1 saturated heterocycles. The SMILES string of the molecule is COc1ccc(CC(=O)N2CCN(c3ccc(-c4ccc(C)cc4)nn3)CC2)cc1. The van der Waals surface area contributed by atoms with Gasteiger partial charge in [-0.3, -0.25) is 4.79 Å². The van der Waals surface area contributed by atoms with Crippen LogP contribution in [0.3, 0.4) is 0 Å². The number of aromatic nitrogens is 2. The van der Waals surface area contributed by atoms with E-state index in [1.165, 1.54) is 5.56 Å². The van der Waals surface area contributed by atoms with Crippen molar-refractivity contribution >= 4 is 11.7 Å². The number of hydrogen-bond acceptors (Lipinski definition) is 5. The van der Waals surface area contributed by atoms with Gasteiger partial charge in [0.15, 0.2) is 5.82 Å². The molecule has 0 spiro atoms. The molecular formula is C24H26N4O2. The lowest BCUT2D eigenvalue weighted by Gasteiger charge is -2.35. The number of ether oxygens (including phenoxy) is 1. The second-order valence-corrected chi connectivity index (χ2v) is 7.54. The van der Waals surface area contributed by atoms with Gasteiger partial charge in [-0.25, -0.2) is 0 Å². The van der Waals surface area contributed by atoms with Crippen LogP contribution in [0.15, 0.2) is 60.7 Å². The molecule has 0 aliphatic carbocycles. The van der Waals surface area contributed by atoms with Crippen molar-refractivity contribution in [3.63, 3.8) is 0 Å². The second-order valence-electron chi connectivity index (χ2n) is 7.54. The van der Waals surface area contributed by atoms with E-state index < -0.39 is 0 Å². The van der Waals surface area contributed by atoms with Crippen LogP contribution in [0.2, 0.25) is 0 Å². The Morgan fingerprint density at radius 3 is 2.20 bits per heavy atom. The summed E-state index contributed by atoms with van der Waals surface area (Å²) in [5.74, 6) is 1.81. The van der Waals surface area contributed by atoms with Crippen LogP contribution >= 0.6 is 0 Å². The third-order valence-corrected chi connectivity index (χ3v) is 5.47. The maximum atomic E-state index is 12.6. The van der Waals surface area contributed by atoms with Gasteiger partial charge >= 0.3 is 0 Å². The van der Waals surface area contributed by atoms with Crippen LogP contribution in [-0.4, -0.2) is 54.3 Å². The van der Waals surface area contributed by atoms with E-state index in [0.717, 1.165) is 41.5 Å². The highest BCUT2D eigenvalue weighted by Crippen LogP contribution is 2.20. The number of aryl methyl sites for hydroxylation is 1. The van der Waals surface area contributed by atoms with Crippen LogP contribution in [-0.2, 0) is 11.2 Å². The molecule has 0 N–H and O–H groups in total. The van der Waals surface area contributed by atoms with Crippen molar-refractivity contribution in [3.8, 4) is 17.0 Å². The topological polar surface area (TPSA) is 58.6 Å². The molecule has 30 heavy (non-hydrogen) atoms. The van der Waals surface area contributed by atoms with Gasteiger partial charge in [0.2, 0.25) is 5.91 Å². The van der Waals surface area contributed by atoms with Crippen LogP contribution in [0.25, 0.3) is 11.3 Å². The maximum Gasteiger partial charge on any atom is 0.227 e. The molecule has 4 rings (SSSR count). The highest BCUT2D eigenvalue weighted by atomic mass is 16.5. The molecule has 0 bridgehead atoms. The number of hydrogen-bond donors (Lipinski definition) is 0. The Morgan fingerprint density at radius 2 is 1.60 bits per heavy atom. The normalized spacial score (nSPS) is 13.9. The lowest BCUT2D eigenvalue weighted by Crippen LogP contribution is -2.49. The lowest BCUT2D eigenvalue weighted by atomic mass is 10.1. The Labute approximate surface area is 177 Å². The van der Waals surface area contributed by atoms with E-state index in [-0.39, 0.29) is 5.91 Å². The van der Waals surface area contributed by atoms with Crippen LogP contribution < -0.4 is 9.64 Å². The lowest BCUT2D eigenvalue weighted by molar-refractivity contribution is -0.130. The highest BCUT2D eigenvalue weighted by molar-refractivity contribution is 5.79. The van der Waals surface area contributed by atoms with Gasteiger partial charge in [0, 0.05) is 31.7 Å². The zero-order valence-corrected chi connectivity index (χ0v) is 17.4. The van der Waals surface area contributed by atoms with Crippen LogP contribution in [0.5, 0.6) is 5.75 Å². The third-order valence-electron chi connectivity index (χ3n) is 5.47. The van der Waals surface area contributed by atoms with E-state index in [4.69, 9.17) is 4.74 Å². The minimum absolute atomic E-state index is 0.153. The second kappa shape index (κ2) is 8.95. The summed E-state index contributed by atoms with van der Waals surface area (Å²) in [5.41, 5.74) is 4.16. The summed E-state index contributed by atoms with van der Waals surface area (Å²) in [7, 11) is 1.64.